The van der Waals surface area contributed by atoms with E-state index in [4.69, 9.17) is 4.74 Å². The van der Waals surface area contributed by atoms with E-state index in [-0.39, 0.29) is 6.09 Å². The summed E-state index contributed by atoms with van der Waals surface area (Å²) >= 11 is 0. The summed E-state index contributed by atoms with van der Waals surface area (Å²) < 4.78 is 7.32. The summed E-state index contributed by atoms with van der Waals surface area (Å²) in [5, 5.41) is 0. The molecular formula is C16H27N2O2+. The van der Waals surface area contributed by atoms with Crippen LogP contribution in [-0.2, 0) is 6.54 Å². The highest BCUT2D eigenvalue weighted by Gasteiger charge is 2.09. The molecule has 1 amide bonds. The summed E-state index contributed by atoms with van der Waals surface area (Å²) in [4.78, 5) is 12.9. The number of carbonyl (C=O) groups excluding carboxylic acids is 1. The molecule has 0 fully saturated rings. The molecule has 1 aromatic heterocycles. The van der Waals surface area contributed by atoms with E-state index in [1.807, 2.05) is 18.5 Å². The molecule has 0 aliphatic rings. The number of nitrogens with zero attached hydrogens (tertiary/aromatic N) is 2. The first-order chi connectivity index (χ1) is 9.63. The van der Waals surface area contributed by atoms with Gasteiger partial charge in [-0.05, 0) is 12.5 Å². The Labute approximate surface area is 122 Å². The standard InChI is InChI=1S/C16H27N2O2/c1-4-5-6-7-8-9-12-18-13-10-11-15(14-18)20-16(19)17(2)3/h10-11,13-14H,4-9,12H2,1-3H3/q+1. The normalized spacial score (nSPS) is 10.3. The van der Waals surface area contributed by atoms with Gasteiger partial charge in [0, 0.05) is 26.6 Å². The molecule has 0 spiro atoms. The molecule has 0 radical (unpaired) electrons. The summed E-state index contributed by atoms with van der Waals surface area (Å²) in [6.45, 7) is 3.20. The molecule has 0 saturated heterocycles. The van der Waals surface area contributed by atoms with Crippen LogP contribution in [0, 0.1) is 0 Å². The van der Waals surface area contributed by atoms with Gasteiger partial charge in [0.25, 0.3) is 0 Å². The quantitative estimate of drug-likeness (QED) is 0.540. The van der Waals surface area contributed by atoms with Gasteiger partial charge in [0.2, 0.25) is 6.20 Å². The first-order valence-corrected chi connectivity index (χ1v) is 7.51. The summed E-state index contributed by atoms with van der Waals surface area (Å²) in [7, 11) is 3.35. The molecule has 0 unspecified atom stereocenters. The topological polar surface area (TPSA) is 33.4 Å². The molecule has 1 heterocycles. The van der Waals surface area contributed by atoms with Crippen LogP contribution in [0.1, 0.15) is 45.4 Å². The molecule has 1 aromatic rings. The zero-order valence-corrected chi connectivity index (χ0v) is 13.0. The number of ether oxygens (including phenoxy) is 1. The van der Waals surface area contributed by atoms with Gasteiger partial charge in [-0.1, -0.05) is 32.6 Å². The van der Waals surface area contributed by atoms with Crippen molar-refractivity contribution in [3.8, 4) is 5.75 Å². The molecule has 20 heavy (non-hydrogen) atoms. The van der Waals surface area contributed by atoms with E-state index in [2.05, 4.69) is 11.5 Å². The van der Waals surface area contributed by atoms with E-state index >= 15 is 0 Å². The number of hydrogen-bond donors (Lipinski definition) is 0. The van der Waals surface area contributed by atoms with Crippen LogP contribution >= 0.6 is 0 Å². The lowest BCUT2D eigenvalue weighted by molar-refractivity contribution is -0.697. The van der Waals surface area contributed by atoms with Crippen LogP contribution in [0.5, 0.6) is 5.75 Å². The average Bonchev–Trinajstić information content (AvgIpc) is 2.43. The maximum atomic E-state index is 11.5. The predicted molar refractivity (Wildman–Crippen MR) is 79.7 cm³/mol. The number of aryl methyl sites for hydroxylation is 1. The molecule has 0 saturated carbocycles. The van der Waals surface area contributed by atoms with Crippen LogP contribution in [-0.4, -0.2) is 25.1 Å². The molecule has 4 nitrogen and oxygen atoms in total. The van der Waals surface area contributed by atoms with E-state index < -0.39 is 0 Å². The fraction of sp³-hybridized carbons (Fsp3) is 0.625. The second kappa shape index (κ2) is 9.34. The monoisotopic (exact) mass is 279 g/mol. The van der Waals surface area contributed by atoms with Crippen molar-refractivity contribution in [2.24, 2.45) is 0 Å². The van der Waals surface area contributed by atoms with Crippen molar-refractivity contribution >= 4 is 6.09 Å². The molecule has 0 N–H and O–H groups in total. The van der Waals surface area contributed by atoms with Crippen LogP contribution in [0.2, 0.25) is 0 Å². The Morgan fingerprint density at radius 1 is 1.20 bits per heavy atom. The van der Waals surface area contributed by atoms with Crippen molar-refractivity contribution in [3.05, 3.63) is 24.5 Å². The second-order valence-electron chi connectivity index (χ2n) is 5.31. The molecular weight excluding hydrogens is 252 g/mol. The minimum absolute atomic E-state index is 0.345. The SMILES string of the molecule is CCCCCCCC[n+]1cccc(OC(=O)N(C)C)c1. The zero-order valence-electron chi connectivity index (χ0n) is 13.0. The van der Waals surface area contributed by atoms with E-state index in [1.165, 1.54) is 43.4 Å². The number of unbranched alkanes of at least 4 members (excludes halogenated alkanes) is 5. The lowest BCUT2D eigenvalue weighted by Crippen LogP contribution is -2.33. The largest absolute Gasteiger partial charge is 0.414 e. The Balaban J connectivity index is 2.34. The van der Waals surface area contributed by atoms with Crippen LogP contribution < -0.4 is 9.30 Å². The van der Waals surface area contributed by atoms with Crippen molar-refractivity contribution in [2.75, 3.05) is 14.1 Å². The van der Waals surface area contributed by atoms with Crippen LogP contribution in [0.3, 0.4) is 0 Å². The van der Waals surface area contributed by atoms with Crippen LogP contribution in [0.4, 0.5) is 4.79 Å². The highest BCUT2D eigenvalue weighted by Crippen LogP contribution is 2.08. The Morgan fingerprint density at radius 3 is 2.60 bits per heavy atom. The smallest absolute Gasteiger partial charge is 0.404 e. The summed E-state index contributed by atoms with van der Waals surface area (Å²) in [6, 6.07) is 3.72. The van der Waals surface area contributed by atoms with Crippen molar-refractivity contribution < 1.29 is 14.1 Å². The van der Waals surface area contributed by atoms with E-state index in [9.17, 15) is 4.79 Å². The molecule has 0 aromatic carbocycles. The van der Waals surface area contributed by atoms with Gasteiger partial charge in [0.1, 0.15) is 6.54 Å². The van der Waals surface area contributed by atoms with Gasteiger partial charge < -0.3 is 9.64 Å². The van der Waals surface area contributed by atoms with Gasteiger partial charge in [0.15, 0.2) is 11.9 Å². The zero-order chi connectivity index (χ0) is 14.8. The van der Waals surface area contributed by atoms with Gasteiger partial charge >= 0.3 is 6.09 Å². The van der Waals surface area contributed by atoms with Crippen molar-refractivity contribution in [3.63, 3.8) is 0 Å². The highest BCUT2D eigenvalue weighted by atomic mass is 16.6. The number of pyridine rings is 1. The Bertz CT molecular complexity index is 405. The fourth-order valence-electron chi connectivity index (χ4n) is 1.96. The first-order valence-electron chi connectivity index (χ1n) is 7.51. The molecule has 112 valence electrons. The second-order valence-corrected chi connectivity index (χ2v) is 5.31. The summed E-state index contributed by atoms with van der Waals surface area (Å²) in [5.41, 5.74) is 0. The average molecular weight is 279 g/mol. The van der Waals surface area contributed by atoms with Gasteiger partial charge in [-0.15, -0.1) is 0 Å². The number of hydrogen-bond acceptors (Lipinski definition) is 2. The Morgan fingerprint density at radius 2 is 1.90 bits per heavy atom. The molecule has 1 rings (SSSR count). The maximum absolute atomic E-state index is 11.5. The minimum Gasteiger partial charge on any atom is -0.404 e. The lowest BCUT2D eigenvalue weighted by atomic mass is 10.1. The van der Waals surface area contributed by atoms with Crippen molar-refractivity contribution in [1.29, 1.82) is 0 Å². The maximum Gasteiger partial charge on any atom is 0.414 e. The highest BCUT2D eigenvalue weighted by molar-refractivity contribution is 5.69. The Kier molecular flexibility index (Phi) is 7.70. The fourth-order valence-corrected chi connectivity index (χ4v) is 1.96. The molecule has 0 bridgehead atoms. The Hall–Kier alpha value is -1.58. The molecule has 4 heteroatoms. The molecule has 0 aliphatic carbocycles. The third kappa shape index (κ3) is 6.55. The van der Waals surface area contributed by atoms with E-state index in [1.54, 1.807) is 20.2 Å². The third-order valence-corrected chi connectivity index (χ3v) is 3.17. The number of aromatic nitrogens is 1. The molecule has 0 aliphatic heterocycles. The van der Waals surface area contributed by atoms with E-state index in [0.29, 0.717) is 5.75 Å². The number of rotatable bonds is 8. The van der Waals surface area contributed by atoms with Gasteiger partial charge in [0.05, 0.1) is 0 Å². The van der Waals surface area contributed by atoms with Gasteiger partial charge in [-0.25, -0.2) is 9.36 Å². The predicted octanol–water partition coefficient (Wildman–Crippen LogP) is 3.40. The lowest BCUT2D eigenvalue weighted by Gasteiger charge is -2.09. The number of amides is 1. The minimum atomic E-state index is -0.345. The summed E-state index contributed by atoms with van der Waals surface area (Å²) in [6.07, 6.45) is 11.2. The number of carbonyl (C=O) groups is 1. The van der Waals surface area contributed by atoms with Gasteiger partial charge in [-0.2, -0.15) is 0 Å². The summed E-state index contributed by atoms with van der Waals surface area (Å²) in [5.74, 6) is 0.595. The first kappa shape index (κ1) is 16.5. The van der Waals surface area contributed by atoms with Crippen LogP contribution in [0.25, 0.3) is 0 Å². The van der Waals surface area contributed by atoms with E-state index in [0.717, 1.165) is 6.54 Å². The van der Waals surface area contributed by atoms with Gasteiger partial charge in [-0.3, -0.25) is 0 Å². The van der Waals surface area contributed by atoms with Crippen molar-refractivity contribution in [2.45, 2.75) is 52.0 Å². The molecule has 0 atom stereocenters. The van der Waals surface area contributed by atoms with Crippen molar-refractivity contribution in [1.82, 2.24) is 4.90 Å². The third-order valence-electron chi connectivity index (χ3n) is 3.17. The van der Waals surface area contributed by atoms with Crippen LogP contribution in [0.15, 0.2) is 24.5 Å².